The number of benzene rings is 2. The summed E-state index contributed by atoms with van der Waals surface area (Å²) in [6.07, 6.45) is 2.39. The van der Waals surface area contributed by atoms with E-state index in [0.717, 1.165) is 38.9 Å². The first-order chi connectivity index (χ1) is 15.9. The number of hydrogen-bond donors (Lipinski definition) is 1. The Balaban J connectivity index is 1.68. The van der Waals surface area contributed by atoms with Crippen molar-refractivity contribution in [3.8, 4) is 0 Å². The maximum atomic E-state index is 13.5. The van der Waals surface area contributed by atoms with Crippen LogP contribution in [-0.4, -0.2) is 20.4 Å². The molecular weight excluding hydrogens is 428 g/mol. The van der Waals surface area contributed by atoms with Crippen molar-refractivity contribution < 1.29 is 4.79 Å². The summed E-state index contributed by atoms with van der Waals surface area (Å²) < 4.78 is 2.00. The van der Waals surface area contributed by atoms with Crippen LogP contribution in [0.2, 0.25) is 0 Å². The number of pyridine rings is 1. The van der Waals surface area contributed by atoms with Crippen molar-refractivity contribution in [1.29, 1.82) is 0 Å². The molecule has 2 heterocycles. The minimum Gasteiger partial charge on any atom is -0.324 e. The van der Waals surface area contributed by atoms with Crippen molar-refractivity contribution in [1.82, 2.24) is 14.5 Å². The van der Waals surface area contributed by atoms with E-state index in [4.69, 9.17) is 4.98 Å². The number of fused-ring (bicyclic) bond motifs is 1. The highest BCUT2D eigenvalue weighted by Crippen LogP contribution is 2.32. The quantitative estimate of drug-likeness (QED) is 0.319. The molecule has 1 atom stereocenters. The molecule has 4 aromatic rings. The zero-order valence-corrected chi connectivity index (χ0v) is 20.7. The van der Waals surface area contributed by atoms with Gasteiger partial charge in [0.2, 0.25) is 5.91 Å². The Kier molecular flexibility index (Phi) is 6.84. The van der Waals surface area contributed by atoms with Gasteiger partial charge in [-0.05, 0) is 62.9 Å². The fourth-order valence-corrected chi connectivity index (χ4v) is 5.20. The maximum Gasteiger partial charge on any atom is 0.247 e. The summed E-state index contributed by atoms with van der Waals surface area (Å²) in [5, 5.41) is 4.00. The lowest BCUT2D eigenvalue weighted by atomic mass is 10.0. The lowest BCUT2D eigenvalue weighted by molar-refractivity contribution is -0.119. The van der Waals surface area contributed by atoms with Crippen LogP contribution in [0.5, 0.6) is 0 Å². The summed E-state index contributed by atoms with van der Waals surface area (Å²) >= 11 is 1.64. The van der Waals surface area contributed by atoms with Gasteiger partial charge in [-0.2, -0.15) is 0 Å². The average molecular weight is 459 g/mol. The van der Waals surface area contributed by atoms with Gasteiger partial charge in [-0.25, -0.2) is 9.97 Å². The van der Waals surface area contributed by atoms with Gasteiger partial charge in [0.15, 0.2) is 10.8 Å². The van der Waals surface area contributed by atoms with Crippen LogP contribution in [-0.2, 0) is 10.5 Å². The molecule has 2 aromatic carbocycles. The van der Waals surface area contributed by atoms with Crippen LogP contribution < -0.4 is 5.32 Å². The molecule has 0 radical (unpaired) electrons. The van der Waals surface area contributed by atoms with Crippen molar-refractivity contribution in [2.45, 2.75) is 58.0 Å². The van der Waals surface area contributed by atoms with Crippen LogP contribution in [0.3, 0.4) is 0 Å². The van der Waals surface area contributed by atoms with Crippen molar-refractivity contribution in [2.75, 3.05) is 5.32 Å². The molecule has 0 unspecified atom stereocenters. The van der Waals surface area contributed by atoms with E-state index in [1.165, 1.54) is 16.7 Å². The number of nitrogens with one attached hydrogen (secondary N) is 1. The van der Waals surface area contributed by atoms with E-state index in [9.17, 15) is 4.79 Å². The van der Waals surface area contributed by atoms with E-state index >= 15 is 0 Å². The van der Waals surface area contributed by atoms with Crippen LogP contribution >= 0.6 is 11.8 Å². The molecule has 170 valence electrons. The van der Waals surface area contributed by atoms with E-state index in [-0.39, 0.29) is 5.91 Å². The summed E-state index contributed by atoms with van der Waals surface area (Å²) in [4.78, 5) is 23.0. The smallest absolute Gasteiger partial charge is 0.247 e. The number of hydrogen-bond acceptors (Lipinski definition) is 4. The number of aryl methyl sites for hydroxylation is 4. The molecule has 0 saturated heterocycles. The largest absolute Gasteiger partial charge is 0.324 e. The van der Waals surface area contributed by atoms with Gasteiger partial charge in [-0.3, -0.25) is 9.36 Å². The van der Waals surface area contributed by atoms with Crippen LogP contribution in [0, 0.1) is 27.7 Å². The molecule has 0 fully saturated rings. The first kappa shape index (κ1) is 23.1. The summed E-state index contributed by atoms with van der Waals surface area (Å²) in [7, 11) is 0. The molecule has 2 aromatic heterocycles. The second-order valence-electron chi connectivity index (χ2n) is 8.57. The topological polar surface area (TPSA) is 59.8 Å². The highest BCUT2D eigenvalue weighted by atomic mass is 32.2. The second kappa shape index (κ2) is 9.79. The lowest BCUT2D eigenvalue weighted by Crippen LogP contribution is -2.27. The highest BCUT2D eigenvalue weighted by molar-refractivity contribution is 7.98. The average Bonchev–Trinajstić information content (AvgIpc) is 3.15. The van der Waals surface area contributed by atoms with Gasteiger partial charge in [0.1, 0.15) is 11.6 Å². The normalized spacial score (nSPS) is 12.2. The van der Waals surface area contributed by atoms with Crippen LogP contribution in [0.4, 0.5) is 5.69 Å². The SMILES string of the molecule is CC[C@@H](C(=O)Nc1c(C)cc(C)cc1C)n1c(SCc2ccc(C)cc2)nc2cccnc21. The van der Waals surface area contributed by atoms with E-state index < -0.39 is 6.04 Å². The van der Waals surface area contributed by atoms with Gasteiger partial charge in [0.05, 0.1) is 0 Å². The van der Waals surface area contributed by atoms with Crippen molar-refractivity contribution >= 4 is 34.5 Å². The molecule has 6 heteroatoms. The minimum absolute atomic E-state index is 0.0466. The van der Waals surface area contributed by atoms with E-state index in [1.54, 1.807) is 18.0 Å². The van der Waals surface area contributed by atoms with Crippen LogP contribution in [0.15, 0.2) is 59.9 Å². The Labute approximate surface area is 199 Å². The van der Waals surface area contributed by atoms with Crippen LogP contribution in [0.25, 0.3) is 11.2 Å². The van der Waals surface area contributed by atoms with Gasteiger partial charge in [-0.1, -0.05) is 66.2 Å². The third kappa shape index (κ3) is 4.96. The van der Waals surface area contributed by atoms with Crippen molar-refractivity contribution in [3.05, 3.63) is 82.5 Å². The number of imidazole rings is 1. The van der Waals surface area contributed by atoms with E-state index in [1.807, 2.05) is 37.5 Å². The lowest BCUT2D eigenvalue weighted by Gasteiger charge is -2.21. The molecule has 4 rings (SSSR count). The number of amides is 1. The third-order valence-corrected chi connectivity index (χ3v) is 6.86. The van der Waals surface area contributed by atoms with E-state index in [0.29, 0.717) is 6.42 Å². The summed E-state index contributed by atoms with van der Waals surface area (Å²) in [6.45, 7) is 10.3. The fourth-order valence-electron chi connectivity index (χ4n) is 4.19. The molecule has 1 N–H and O–H groups in total. The Bertz CT molecular complexity index is 1270. The second-order valence-corrected chi connectivity index (χ2v) is 9.51. The van der Waals surface area contributed by atoms with Crippen molar-refractivity contribution in [3.63, 3.8) is 0 Å². The summed E-state index contributed by atoms with van der Waals surface area (Å²) in [5.41, 5.74) is 8.22. The number of carbonyl (C=O) groups is 1. The molecule has 0 spiro atoms. The Morgan fingerprint density at radius 2 is 1.73 bits per heavy atom. The standard InChI is InChI=1S/C27H30N4OS/c1-6-23(26(32)30-24-19(4)14-18(3)15-20(24)5)31-25-22(8-7-13-28-25)29-27(31)33-16-21-11-9-17(2)10-12-21/h7-15,23H,6,16H2,1-5H3,(H,30,32)/t23-/m0/s1. The molecule has 0 aliphatic rings. The van der Waals surface area contributed by atoms with Crippen LogP contribution in [0.1, 0.15) is 47.2 Å². The molecular formula is C27H30N4OS. The monoisotopic (exact) mass is 458 g/mol. The zero-order chi connectivity index (χ0) is 23.5. The van der Waals surface area contributed by atoms with Gasteiger partial charge in [-0.15, -0.1) is 0 Å². The molecule has 1 amide bonds. The Morgan fingerprint density at radius 1 is 1.03 bits per heavy atom. The molecule has 0 aliphatic heterocycles. The minimum atomic E-state index is -0.412. The number of aromatic nitrogens is 3. The molecule has 0 aliphatic carbocycles. The number of rotatable bonds is 7. The van der Waals surface area contributed by atoms with Gasteiger partial charge >= 0.3 is 0 Å². The molecule has 0 bridgehead atoms. The molecule has 0 saturated carbocycles. The molecule has 33 heavy (non-hydrogen) atoms. The van der Waals surface area contributed by atoms with Gasteiger partial charge in [0.25, 0.3) is 0 Å². The van der Waals surface area contributed by atoms with Gasteiger partial charge < -0.3 is 5.32 Å². The Hall–Kier alpha value is -3.12. The number of anilines is 1. The Morgan fingerprint density at radius 3 is 2.39 bits per heavy atom. The number of carbonyl (C=O) groups excluding carboxylic acids is 1. The number of thioether (sulfide) groups is 1. The summed E-state index contributed by atoms with van der Waals surface area (Å²) in [5.74, 6) is 0.729. The summed E-state index contributed by atoms with van der Waals surface area (Å²) in [6, 6.07) is 16.1. The number of nitrogens with zero attached hydrogens (tertiary/aromatic N) is 3. The fraction of sp³-hybridized carbons (Fsp3) is 0.296. The highest BCUT2D eigenvalue weighted by Gasteiger charge is 2.26. The zero-order valence-electron chi connectivity index (χ0n) is 19.8. The van der Waals surface area contributed by atoms with E-state index in [2.05, 4.69) is 60.5 Å². The van der Waals surface area contributed by atoms with Gasteiger partial charge in [0, 0.05) is 17.6 Å². The first-order valence-electron chi connectivity index (χ1n) is 11.3. The predicted molar refractivity (Wildman–Crippen MR) is 137 cm³/mol. The predicted octanol–water partition coefficient (Wildman–Crippen LogP) is 6.55. The first-order valence-corrected chi connectivity index (χ1v) is 12.3. The maximum absolute atomic E-state index is 13.5. The molecule has 5 nitrogen and oxygen atoms in total. The third-order valence-electron chi connectivity index (χ3n) is 5.83. The van der Waals surface area contributed by atoms with Crippen molar-refractivity contribution in [2.24, 2.45) is 0 Å².